The molecular weight excluding hydrogens is 362 g/mol. The van der Waals surface area contributed by atoms with E-state index in [-0.39, 0.29) is 30.4 Å². The van der Waals surface area contributed by atoms with Gasteiger partial charge < -0.3 is 15.0 Å². The van der Waals surface area contributed by atoms with E-state index in [4.69, 9.17) is 4.74 Å². The van der Waals surface area contributed by atoms with Crippen molar-refractivity contribution in [2.45, 2.75) is 20.5 Å². The molecule has 9 heteroatoms. The molecule has 3 aromatic heterocycles. The highest BCUT2D eigenvalue weighted by molar-refractivity contribution is 7.18. The molecule has 0 unspecified atom stereocenters. The lowest BCUT2D eigenvalue weighted by Crippen LogP contribution is -2.30. The number of aryl methyl sites for hydroxylation is 2. The quantitative estimate of drug-likeness (QED) is 0.664. The van der Waals surface area contributed by atoms with E-state index in [0.29, 0.717) is 15.1 Å². The van der Waals surface area contributed by atoms with E-state index in [1.54, 1.807) is 17.5 Å². The van der Waals surface area contributed by atoms with Crippen molar-refractivity contribution in [1.29, 1.82) is 0 Å². The second kappa shape index (κ2) is 7.16. The lowest BCUT2D eigenvalue weighted by molar-refractivity contribution is -0.143. The van der Waals surface area contributed by atoms with Gasteiger partial charge in [-0.1, -0.05) is 6.07 Å². The van der Waals surface area contributed by atoms with Crippen molar-refractivity contribution in [3.05, 3.63) is 49.0 Å². The smallest absolute Gasteiger partial charge is 0.325 e. The third kappa shape index (κ3) is 3.77. The number of hydrogen-bond acceptors (Lipinski definition) is 7. The number of nitrogens with zero attached hydrogens (tertiary/aromatic N) is 1. The third-order valence-electron chi connectivity index (χ3n) is 3.60. The van der Waals surface area contributed by atoms with Crippen LogP contribution in [0.5, 0.6) is 0 Å². The molecule has 130 valence electrons. The summed E-state index contributed by atoms with van der Waals surface area (Å²) >= 11 is 2.71. The van der Waals surface area contributed by atoms with Gasteiger partial charge in [0.25, 0.3) is 11.5 Å². The Hall–Kier alpha value is -2.52. The van der Waals surface area contributed by atoms with E-state index < -0.39 is 5.97 Å². The molecule has 0 bridgehead atoms. The van der Waals surface area contributed by atoms with E-state index in [1.807, 2.05) is 13.8 Å². The molecule has 0 aliphatic heterocycles. The number of fused-ring (bicyclic) bond motifs is 1. The van der Waals surface area contributed by atoms with Crippen molar-refractivity contribution in [3.8, 4) is 0 Å². The molecule has 3 rings (SSSR count). The van der Waals surface area contributed by atoms with Gasteiger partial charge in [0.1, 0.15) is 23.8 Å². The van der Waals surface area contributed by atoms with Crippen LogP contribution in [0.25, 0.3) is 10.2 Å². The average Bonchev–Trinajstić information content (AvgIpc) is 3.20. The van der Waals surface area contributed by atoms with E-state index in [0.717, 1.165) is 10.4 Å². The highest BCUT2D eigenvalue weighted by atomic mass is 32.1. The van der Waals surface area contributed by atoms with Crippen LogP contribution in [0, 0.1) is 13.8 Å². The number of hydrogen-bond donors (Lipinski definition) is 2. The molecule has 0 atom stereocenters. The molecule has 0 saturated carbocycles. The SMILES string of the molecule is Cc1sc2nc(COC(=O)CNC(=O)c3cccs3)[nH]c(=O)c2c1C. The van der Waals surface area contributed by atoms with E-state index >= 15 is 0 Å². The van der Waals surface area contributed by atoms with Crippen LogP contribution in [0.2, 0.25) is 0 Å². The Kier molecular flexibility index (Phi) is 4.95. The molecule has 0 radical (unpaired) electrons. The van der Waals surface area contributed by atoms with Crippen molar-refractivity contribution in [1.82, 2.24) is 15.3 Å². The van der Waals surface area contributed by atoms with Crippen LogP contribution in [0.4, 0.5) is 0 Å². The monoisotopic (exact) mass is 377 g/mol. The molecule has 0 aliphatic rings. The van der Waals surface area contributed by atoms with Gasteiger partial charge in [-0.25, -0.2) is 4.98 Å². The maximum absolute atomic E-state index is 12.1. The molecule has 3 aromatic rings. The fourth-order valence-corrected chi connectivity index (χ4v) is 3.90. The number of H-pyrrole nitrogens is 1. The van der Waals surface area contributed by atoms with Crippen LogP contribution in [-0.4, -0.2) is 28.4 Å². The Labute approximate surface area is 150 Å². The molecule has 3 heterocycles. The summed E-state index contributed by atoms with van der Waals surface area (Å²) in [5.41, 5.74) is 0.664. The van der Waals surface area contributed by atoms with Crippen LogP contribution in [0.15, 0.2) is 22.3 Å². The molecule has 2 N–H and O–H groups in total. The molecule has 0 saturated heterocycles. The second-order valence-electron chi connectivity index (χ2n) is 5.30. The number of carbonyl (C=O) groups excluding carboxylic acids is 2. The number of nitrogens with one attached hydrogen (secondary N) is 2. The summed E-state index contributed by atoms with van der Waals surface area (Å²) in [6, 6.07) is 3.42. The Bertz CT molecular complexity index is 989. The van der Waals surface area contributed by atoms with E-state index in [9.17, 15) is 14.4 Å². The van der Waals surface area contributed by atoms with Gasteiger partial charge in [-0.15, -0.1) is 22.7 Å². The number of aromatic nitrogens is 2. The third-order valence-corrected chi connectivity index (χ3v) is 5.57. The number of amides is 1. The van der Waals surface area contributed by atoms with E-state index in [2.05, 4.69) is 15.3 Å². The van der Waals surface area contributed by atoms with Gasteiger partial charge in [0.05, 0.1) is 10.3 Å². The van der Waals surface area contributed by atoms with Crippen LogP contribution < -0.4 is 10.9 Å². The van der Waals surface area contributed by atoms with Crippen molar-refractivity contribution < 1.29 is 14.3 Å². The first-order chi connectivity index (χ1) is 12.0. The van der Waals surface area contributed by atoms with Crippen molar-refractivity contribution in [2.75, 3.05) is 6.54 Å². The Balaban J connectivity index is 1.60. The highest BCUT2D eigenvalue weighted by Gasteiger charge is 2.13. The molecule has 0 aliphatic carbocycles. The van der Waals surface area contributed by atoms with Gasteiger partial charge in [0.2, 0.25) is 0 Å². The minimum atomic E-state index is -0.605. The topological polar surface area (TPSA) is 101 Å². The molecule has 1 amide bonds. The molecule has 0 spiro atoms. The zero-order valence-electron chi connectivity index (χ0n) is 13.5. The average molecular weight is 377 g/mol. The first-order valence-electron chi connectivity index (χ1n) is 7.42. The van der Waals surface area contributed by atoms with Crippen molar-refractivity contribution >= 4 is 44.8 Å². The van der Waals surface area contributed by atoms with Crippen LogP contribution in [0.1, 0.15) is 25.9 Å². The number of esters is 1. The minimum Gasteiger partial charge on any atom is -0.456 e. The molecule has 7 nitrogen and oxygen atoms in total. The van der Waals surface area contributed by atoms with Crippen molar-refractivity contribution in [3.63, 3.8) is 0 Å². The zero-order valence-corrected chi connectivity index (χ0v) is 15.2. The predicted molar refractivity (Wildman–Crippen MR) is 96.2 cm³/mol. The molecule has 0 fully saturated rings. The summed E-state index contributed by atoms with van der Waals surface area (Å²) in [5, 5.41) is 4.83. The van der Waals surface area contributed by atoms with Crippen LogP contribution in [0.3, 0.4) is 0 Å². The Morgan fingerprint density at radius 2 is 2.16 bits per heavy atom. The summed E-state index contributed by atoms with van der Waals surface area (Å²) in [6.07, 6.45) is 0. The second-order valence-corrected chi connectivity index (χ2v) is 7.45. The summed E-state index contributed by atoms with van der Waals surface area (Å²) in [6.45, 7) is 3.40. The Morgan fingerprint density at radius 3 is 2.88 bits per heavy atom. The molecule has 0 aromatic carbocycles. The van der Waals surface area contributed by atoms with Gasteiger partial charge in [0.15, 0.2) is 0 Å². The summed E-state index contributed by atoms with van der Waals surface area (Å²) < 4.78 is 5.06. The maximum Gasteiger partial charge on any atom is 0.325 e. The maximum atomic E-state index is 12.1. The summed E-state index contributed by atoms with van der Waals surface area (Å²) in [5.74, 6) is -0.660. The number of thiophene rings is 2. The lowest BCUT2D eigenvalue weighted by Gasteiger charge is -2.05. The molecular formula is C16H15N3O4S2. The fraction of sp³-hybridized carbons (Fsp3) is 0.250. The number of ether oxygens (including phenoxy) is 1. The van der Waals surface area contributed by atoms with E-state index in [1.165, 1.54) is 22.7 Å². The Morgan fingerprint density at radius 1 is 1.36 bits per heavy atom. The van der Waals surface area contributed by atoms with Crippen LogP contribution in [-0.2, 0) is 16.1 Å². The number of carbonyl (C=O) groups is 2. The predicted octanol–water partition coefficient (Wildman–Crippen LogP) is 2.14. The highest BCUT2D eigenvalue weighted by Crippen LogP contribution is 2.25. The first kappa shape index (κ1) is 17.3. The first-order valence-corrected chi connectivity index (χ1v) is 9.11. The lowest BCUT2D eigenvalue weighted by atomic mass is 10.2. The number of rotatable bonds is 5. The van der Waals surface area contributed by atoms with Gasteiger partial charge in [0, 0.05) is 4.88 Å². The fourth-order valence-electron chi connectivity index (χ4n) is 2.21. The standard InChI is InChI=1S/C16H15N3O4S2/c1-8-9(2)25-16-13(8)15(22)18-11(19-16)7-23-12(20)6-17-14(21)10-4-3-5-24-10/h3-5H,6-7H2,1-2H3,(H,17,21)(H,18,19,22). The summed E-state index contributed by atoms with van der Waals surface area (Å²) in [7, 11) is 0. The van der Waals surface area contributed by atoms with Crippen molar-refractivity contribution in [2.24, 2.45) is 0 Å². The normalized spacial score (nSPS) is 10.8. The minimum absolute atomic E-state index is 0.158. The zero-order chi connectivity index (χ0) is 18.0. The van der Waals surface area contributed by atoms with Gasteiger partial charge >= 0.3 is 5.97 Å². The van der Waals surface area contributed by atoms with Gasteiger partial charge in [-0.05, 0) is 30.9 Å². The largest absolute Gasteiger partial charge is 0.456 e. The summed E-state index contributed by atoms with van der Waals surface area (Å²) in [4.78, 5) is 44.7. The van der Waals surface area contributed by atoms with Gasteiger partial charge in [-0.2, -0.15) is 0 Å². The van der Waals surface area contributed by atoms with Crippen LogP contribution >= 0.6 is 22.7 Å². The van der Waals surface area contributed by atoms with Gasteiger partial charge in [-0.3, -0.25) is 14.4 Å². The number of aromatic amines is 1. The molecule has 25 heavy (non-hydrogen) atoms.